The average molecular weight is 272 g/mol. The molecule has 0 radical (unpaired) electrons. The number of carbonyl (C=O) groups is 1. The van der Waals surface area contributed by atoms with E-state index in [4.69, 9.17) is 4.74 Å². The third kappa shape index (κ3) is 5.47. The summed E-state index contributed by atoms with van der Waals surface area (Å²) in [5.41, 5.74) is -0.0953. The third-order valence-electron chi connectivity index (χ3n) is 3.59. The van der Waals surface area contributed by atoms with E-state index in [1.807, 2.05) is 32.6 Å². The second-order valence-electron chi connectivity index (χ2n) is 6.20. The van der Waals surface area contributed by atoms with E-state index in [0.29, 0.717) is 13.2 Å². The number of carbonyl (C=O) groups excluding carboxylic acids is 1. The van der Waals surface area contributed by atoms with Crippen molar-refractivity contribution in [2.75, 3.05) is 45.9 Å². The molecule has 0 aliphatic carbocycles. The smallest absolute Gasteiger partial charge is 0.248 e. The molecule has 1 heterocycles. The zero-order valence-electron chi connectivity index (χ0n) is 12.7. The minimum atomic E-state index is -0.335. The van der Waals surface area contributed by atoms with Crippen molar-refractivity contribution in [1.82, 2.24) is 9.80 Å². The van der Waals surface area contributed by atoms with Gasteiger partial charge < -0.3 is 14.7 Å². The van der Waals surface area contributed by atoms with Crippen molar-refractivity contribution in [3.8, 4) is 0 Å². The normalized spacial score (nSPS) is 19.5. The van der Waals surface area contributed by atoms with Crippen molar-refractivity contribution >= 4 is 5.91 Å². The lowest BCUT2D eigenvalue weighted by Crippen LogP contribution is -2.52. The van der Waals surface area contributed by atoms with Gasteiger partial charge in [-0.25, -0.2) is 0 Å². The molecule has 1 amide bonds. The fourth-order valence-electron chi connectivity index (χ4n) is 1.98. The molecule has 1 aliphatic rings. The summed E-state index contributed by atoms with van der Waals surface area (Å²) in [6.07, 6.45) is -0.335. The Kier molecular flexibility index (Phi) is 6.23. The maximum atomic E-state index is 11.8. The lowest BCUT2D eigenvalue weighted by atomic mass is 9.89. The summed E-state index contributed by atoms with van der Waals surface area (Å²) in [5.74, 6) is 0.0675. The zero-order valence-corrected chi connectivity index (χ0v) is 12.7. The zero-order chi connectivity index (χ0) is 14.5. The SMILES string of the molecule is CCOCC(=O)N1CCN(CC(O)C(C)(C)C)CC1. The van der Waals surface area contributed by atoms with Crippen molar-refractivity contribution in [1.29, 1.82) is 0 Å². The van der Waals surface area contributed by atoms with Crippen LogP contribution in [0.25, 0.3) is 0 Å². The van der Waals surface area contributed by atoms with Crippen LogP contribution in [0.4, 0.5) is 0 Å². The molecular weight excluding hydrogens is 244 g/mol. The van der Waals surface area contributed by atoms with Crippen LogP contribution in [0.1, 0.15) is 27.7 Å². The summed E-state index contributed by atoms with van der Waals surface area (Å²) in [6, 6.07) is 0. The molecule has 0 bridgehead atoms. The minimum Gasteiger partial charge on any atom is -0.391 e. The number of hydrogen-bond donors (Lipinski definition) is 1. The van der Waals surface area contributed by atoms with Crippen LogP contribution in [-0.2, 0) is 9.53 Å². The monoisotopic (exact) mass is 272 g/mol. The topological polar surface area (TPSA) is 53.0 Å². The number of nitrogens with zero attached hydrogens (tertiary/aromatic N) is 2. The molecule has 1 saturated heterocycles. The van der Waals surface area contributed by atoms with Gasteiger partial charge in [-0.3, -0.25) is 9.69 Å². The molecular formula is C14H28N2O3. The highest BCUT2D eigenvalue weighted by Crippen LogP contribution is 2.20. The molecule has 1 aliphatic heterocycles. The first-order valence-corrected chi connectivity index (χ1v) is 7.10. The Morgan fingerprint density at radius 1 is 1.26 bits per heavy atom. The summed E-state index contributed by atoms with van der Waals surface area (Å²) >= 11 is 0. The second kappa shape index (κ2) is 7.22. The van der Waals surface area contributed by atoms with E-state index < -0.39 is 0 Å². The molecule has 1 N–H and O–H groups in total. The summed E-state index contributed by atoms with van der Waals surface area (Å²) in [6.45, 7) is 12.5. The second-order valence-corrected chi connectivity index (χ2v) is 6.20. The van der Waals surface area contributed by atoms with Crippen LogP contribution < -0.4 is 0 Å². The molecule has 19 heavy (non-hydrogen) atoms. The van der Waals surface area contributed by atoms with E-state index in [0.717, 1.165) is 26.2 Å². The summed E-state index contributed by atoms with van der Waals surface area (Å²) in [7, 11) is 0. The van der Waals surface area contributed by atoms with Gasteiger partial charge in [0, 0.05) is 39.3 Å². The van der Waals surface area contributed by atoms with Crippen molar-refractivity contribution < 1.29 is 14.6 Å². The van der Waals surface area contributed by atoms with Gasteiger partial charge in [0.1, 0.15) is 6.61 Å². The first-order valence-electron chi connectivity index (χ1n) is 7.10. The van der Waals surface area contributed by atoms with Gasteiger partial charge in [0.05, 0.1) is 6.10 Å². The molecule has 0 spiro atoms. The highest BCUT2D eigenvalue weighted by molar-refractivity contribution is 5.77. The Morgan fingerprint density at radius 2 is 1.84 bits per heavy atom. The van der Waals surface area contributed by atoms with Gasteiger partial charge in [-0.15, -0.1) is 0 Å². The van der Waals surface area contributed by atoms with Gasteiger partial charge in [-0.1, -0.05) is 20.8 Å². The number of hydrogen-bond acceptors (Lipinski definition) is 4. The van der Waals surface area contributed by atoms with Gasteiger partial charge in [0.15, 0.2) is 0 Å². The van der Waals surface area contributed by atoms with Crippen LogP contribution >= 0.6 is 0 Å². The van der Waals surface area contributed by atoms with Crippen molar-refractivity contribution in [3.63, 3.8) is 0 Å². The molecule has 1 unspecified atom stereocenters. The number of aliphatic hydroxyl groups excluding tert-OH is 1. The number of aliphatic hydroxyl groups is 1. The van der Waals surface area contributed by atoms with Crippen LogP contribution in [0.3, 0.4) is 0 Å². The van der Waals surface area contributed by atoms with E-state index in [2.05, 4.69) is 4.90 Å². The fraction of sp³-hybridized carbons (Fsp3) is 0.929. The largest absolute Gasteiger partial charge is 0.391 e. The first kappa shape index (κ1) is 16.4. The minimum absolute atomic E-state index is 0.0675. The van der Waals surface area contributed by atoms with Crippen LogP contribution in [0.15, 0.2) is 0 Å². The van der Waals surface area contributed by atoms with E-state index >= 15 is 0 Å². The van der Waals surface area contributed by atoms with E-state index in [1.54, 1.807) is 0 Å². The molecule has 0 aromatic carbocycles. The summed E-state index contributed by atoms with van der Waals surface area (Å²) < 4.78 is 5.14. The quantitative estimate of drug-likeness (QED) is 0.795. The van der Waals surface area contributed by atoms with Crippen molar-refractivity contribution in [2.24, 2.45) is 5.41 Å². The van der Waals surface area contributed by atoms with Gasteiger partial charge >= 0.3 is 0 Å². The van der Waals surface area contributed by atoms with E-state index in [1.165, 1.54) is 0 Å². The Labute approximate surface area is 116 Å². The maximum absolute atomic E-state index is 11.8. The number of ether oxygens (including phenoxy) is 1. The molecule has 5 heteroatoms. The van der Waals surface area contributed by atoms with Crippen molar-refractivity contribution in [3.05, 3.63) is 0 Å². The number of β-amino-alcohol motifs (C(OH)–C–C–N with tert-alkyl or cyclic N) is 1. The van der Waals surface area contributed by atoms with Crippen LogP contribution in [0, 0.1) is 5.41 Å². The first-order chi connectivity index (χ1) is 8.84. The van der Waals surface area contributed by atoms with Crippen LogP contribution in [-0.4, -0.2) is 72.9 Å². The molecule has 0 aromatic heterocycles. The molecule has 0 aromatic rings. The lowest BCUT2D eigenvalue weighted by Gasteiger charge is -2.37. The van der Waals surface area contributed by atoms with Gasteiger partial charge in [-0.05, 0) is 12.3 Å². The molecule has 5 nitrogen and oxygen atoms in total. The number of rotatable bonds is 5. The molecule has 1 atom stereocenters. The Balaban J connectivity index is 2.31. The fourth-order valence-corrected chi connectivity index (χ4v) is 1.98. The molecule has 112 valence electrons. The van der Waals surface area contributed by atoms with E-state index in [9.17, 15) is 9.90 Å². The predicted molar refractivity (Wildman–Crippen MR) is 75.0 cm³/mol. The molecule has 0 saturated carbocycles. The van der Waals surface area contributed by atoms with Gasteiger partial charge in [0.2, 0.25) is 5.91 Å². The number of amides is 1. The summed E-state index contributed by atoms with van der Waals surface area (Å²) in [5, 5.41) is 10.1. The Hall–Kier alpha value is -0.650. The van der Waals surface area contributed by atoms with Crippen LogP contribution in [0.2, 0.25) is 0 Å². The average Bonchev–Trinajstić information content (AvgIpc) is 2.35. The van der Waals surface area contributed by atoms with Crippen LogP contribution in [0.5, 0.6) is 0 Å². The lowest BCUT2D eigenvalue weighted by molar-refractivity contribution is -0.138. The highest BCUT2D eigenvalue weighted by Gasteiger charge is 2.27. The standard InChI is InChI=1S/C14H28N2O3/c1-5-19-11-13(18)16-8-6-15(7-9-16)10-12(17)14(2,3)4/h12,17H,5-11H2,1-4H3. The number of piperazine rings is 1. The molecule has 1 fully saturated rings. The molecule has 1 rings (SSSR count). The summed E-state index contributed by atoms with van der Waals surface area (Å²) in [4.78, 5) is 15.8. The van der Waals surface area contributed by atoms with Gasteiger partial charge in [-0.2, -0.15) is 0 Å². The van der Waals surface area contributed by atoms with Crippen molar-refractivity contribution in [2.45, 2.75) is 33.8 Å². The maximum Gasteiger partial charge on any atom is 0.248 e. The Morgan fingerprint density at radius 3 is 2.32 bits per heavy atom. The Bertz CT molecular complexity index is 281. The third-order valence-corrected chi connectivity index (χ3v) is 3.59. The van der Waals surface area contributed by atoms with Gasteiger partial charge in [0.25, 0.3) is 0 Å². The predicted octanol–water partition coefficient (Wildman–Crippen LogP) is 0.574. The highest BCUT2D eigenvalue weighted by atomic mass is 16.5. The van der Waals surface area contributed by atoms with E-state index in [-0.39, 0.29) is 24.0 Å².